The molecule has 1 aromatic heterocycles. The quantitative estimate of drug-likeness (QED) is 0.853. The fraction of sp³-hybridized carbons (Fsp3) is 0. The molecule has 1 aromatic carbocycles. The van der Waals surface area contributed by atoms with Crippen LogP contribution in [0.1, 0.15) is 11.1 Å². The van der Waals surface area contributed by atoms with Crippen molar-refractivity contribution in [3.8, 4) is 6.07 Å². The van der Waals surface area contributed by atoms with Crippen molar-refractivity contribution in [2.24, 2.45) is 0 Å². The highest BCUT2D eigenvalue weighted by Crippen LogP contribution is 2.22. The first kappa shape index (κ1) is 12.9. The van der Waals surface area contributed by atoms with Gasteiger partial charge in [0, 0.05) is 6.20 Å². The van der Waals surface area contributed by atoms with Crippen LogP contribution in [0, 0.1) is 18.3 Å². The molecule has 18 heavy (non-hydrogen) atoms. The van der Waals surface area contributed by atoms with Crippen LogP contribution in [0.25, 0.3) is 0 Å². The van der Waals surface area contributed by atoms with E-state index in [9.17, 15) is 8.42 Å². The molecule has 0 N–H and O–H groups in total. The first-order chi connectivity index (χ1) is 8.45. The first-order valence-corrected chi connectivity index (χ1v) is 7.14. The smallest absolute Gasteiger partial charge is 0.235 e. The van der Waals surface area contributed by atoms with E-state index in [-0.39, 0.29) is 4.90 Å². The summed E-state index contributed by atoms with van der Waals surface area (Å²) >= 11 is 3.17. The van der Waals surface area contributed by atoms with Gasteiger partial charge in [0.05, 0.1) is 16.5 Å². The number of benzene rings is 1. The van der Waals surface area contributed by atoms with E-state index in [0.717, 1.165) is 3.97 Å². The summed E-state index contributed by atoms with van der Waals surface area (Å²) in [6.45, 7) is 3.68. The molecular formula is C12H8BrN2O2S. The average Bonchev–Trinajstić information content (AvgIpc) is 2.69. The van der Waals surface area contributed by atoms with Gasteiger partial charge in [-0.25, -0.2) is 12.4 Å². The normalized spacial score (nSPS) is 11.2. The molecule has 0 aliphatic rings. The van der Waals surface area contributed by atoms with Crippen molar-refractivity contribution in [2.45, 2.75) is 4.90 Å². The molecule has 0 fully saturated rings. The lowest BCUT2D eigenvalue weighted by molar-refractivity contribution is 0.586. The molecule has 0 saturated carbocycles. The van der Waals surface area contributed by atoms with E-state index in [1.807, 2.05) is 6.07 Å². The summed E-state index contributed by atoms with van der Waals surface area (Å²) < 4.78 is 26.1. The summed E-state index contributed by atoms with van der Waals surface area (Å²) in [4.78, 5) is 0.123. The topological polar surface area (TPSA) is 62.9 Å². The molecule has 0 spiro atoms. The molecule has 1 radical (unpaired) electrons. The Balaban J connectivity index is 2.55. The molecule has 4 nitrogen and oxygen atoms in total. The zero-order valence-electron chi connectivity index (χ0n) is 9.17. The van der Waals surface area contributed by atoms with E-state index in [1.54, 1.807) is 6.07 Å². The summed E-state index contributed by atoms with van der Waals surface area (Å²) in [6, 6.07) is 9.30. The van der Waals surface area contributed by atoms with Gasteiger partial charge in [0.2, 0.25) is 0 Å². The fourth-order valence-electron chi connectivity index (χ4n) is 1.47. The standard InChI is InChI=1S/C12H8BrN2O2S/c1-9-6-12(13)15(8-9)18(16,17)11-4-2-10(7-14)3-5-11/h2-6,8H,1H2. The molecule has 6 heteroatoms. The van der Waals surface area contributed by atoms with Crippen LogP contribution >= 0.6 is 15.9 Å². The van der Waals surface area contributed by atoms with E-state index >= 15 is 0 Å². The number of nitriles is 1. The second kappa shape index (κ2) is 4.59. The Labute approximate surface area is 114 Å². The van der Waals surface area contributed by atoms with Gasteiger partial charge in [-0.05, 0) is 58.7 Å². The molecule has 1 heterocycles. The minimum atomic E-state index is -3.65. The number of nitrogens with zero attached hydrogens (tertiary/aromatic N) is 2. The Kier molecular flexibility index (Phi) is 3.28. The first-order valence-electron chi connectivity index (χ1n) is 4.91. The highest BCUT2D eigenvalue weighted by Gasteiger charge is 2.19. The molecule has 0 aliphatic heterocycles. The monoisotopic (exact) mass is 323 g/mol. The summed E-state index contributed by atoms with van der Waals surface area (Å²) in [5.74, 6) is 0. The summed E-state index contributed by atoms with van der Waals surface area (Å²) in [7, 11) is -3.65. The Morgan fingerprint density at radius 2 is 1.89 bits per heavy atom. The van der Waals surface area contributed by atoms with Crippen LogP contribution < -0.4 is 0 Å². The minimum Gasteiger partial charge on any atom is -0.235 e. The van der Waals surface area contributed by atoms with Crippen LogP contribution in [-0.4, -0.2) is 12.4 Å². The van der Waals surface area contributed by atoms with Gasteiger partial charge in [0.25, 0.3) is 10.0 Å². The Bertz CT molecular complexity index is 724. The van der Waals surface area contributed by atoms with Crippen LogP contribution in [0.2, 0.25) is 0 Å². The molecule has 0 atom stereocenters. The molecule has 2 rings (SSSR count). The lowest BCUT2D eigenvalue weighted by atomic mass is 10.2. The number of hydrogen-bond donors (Lipinski definition) is 0. The van der Waals surface area contributed by atoms with Gasteiger partial charge >= 0.3 is 0 Å². The molecule has 91 valence electrons. The lowest BCUT2D eigenvalue weighted by Gasteiger charge is -2.07. The maximum Gasteiger partial charge on any atom is 0.268 e. The lowest BCUT2D eigenvalue weighted by Crippen LogP contribution is -2.12. The van der Waals surface area contributed by atoms with Crippen LogP contribution in [0.4, 0.5) is 0 Å². The van der Waals surface area contributed by atoms with E-state index in [1.165, 1.54) is 30.5 Å². The van der Waals surface area contributed by atoms with Gasteiger partial charge in [-0.2, -0.15) is 5.26 Å². The second-order valence-corrected chi connectivity index (χ2v) is 6.24. The fourth-order valence-corrected chi connectivity index (χ4v) is 3.70. The van der Waals surface area contributed by atoms with Gasteiger partial charge in [-0.15, -0.1) is 0 Å². The van der Waals surface area contributed by atoms with Crippen LogP contribution in [0.15, 0.2) is 46.0 Å². The van der Waals surface area contributed by atoms with Crippen molar-refractivity contribution in [2.75, 3.05) is 0 Å². The van der Waals surface area contributed by atoms with Crippen molar-refractivity contribution in [3.05, 3.63) is 59.2 Å². The van der Waals surface area contributed by atoms with Crippen LogP contribution in [-0.2, 0) is 10.0 Å². The zero-order valence-corrected chi connectivity index (χ0v) is 11.6. The zero-order chi connectivity index (χ0) is 13.3. The highest BCUT2D eigenvalue weighted by atomic mass is 79.9. The van der Waals surface area contributed by atoms with E-state index in [4.69, 9.17) is 5.26 Å². The third-order valence-corrected chi connectivity index (χ3v) is 4.87. The summed E-state index contributed by atoms with van der Waals surface area (Å²) in [6.07, 6.45) is 1.43. The van der Waals surface area contributed by atoms with Gasteiger partial charge in [-0.1, -0.05) is 0 Å². The molecule has 0 aliphatic carbocycles. The largest absolute Gasteiger partial charge is 0.268 e. The number of halogens is 1. The van der Waals surface area contributed by atoms with Gasteiger partial charge < -0.3 is 0 Å². The van der Waals surface area contributed by atoms with Gasteiger partial charge in [0.1, 0.15) is 4.60 Å². The predicted molar refractivity (Wildman–Crippen MR) is 70.3 cm³/mol. The number of rotatable bonds is 2. The molecular weight excluding hydrogens is 316 g/mol. The number of hydrogen-bond acceptors (Lipinski definition) is 3. The molecule has 0 saturated heterocycles. The highest BCUT2D eigenvalue weighted by molar-refractivity contribution is 9.10. The molecule has 0 unspecified atom stereocenters. The molecule has 0 amide bonds. The second-order valence-electron chi connectivity index (χ2n) is 3.61. The van der Waals surface area contributed by atoms with Crippen molar-refractivity contribution in [1.29, 1.82) is 5.26 Å². The minimum absolute atomic E-state index is 0.123. The summed E-state index contributed by atoms with van der Waals surface area (Å²) in [5, 5.41) is 8.68. The van der Waals surface area contributed by atoms with Crippen molar-refractivity contribution < 1.29 is 8.42 Å². The van der Waals surface area contributed by atoms with Crippen molar-refractivity contribution in [3.63, 3.8) is 0 Å². The van der Waals surface area contributed by atoms with Crippen molar-refractivity contribution in [1.82, 2.24) is 3.97 Å². The molecule has 0 bridgehead atoms. The maximum absolute atomic E-state index is 12.3. The predicted octanol–water partition coefficient (Wildman–Crippen LogP) is 2.54. The van der Waals surface area contributed by atoms with Crippen molar-refractivity contribution >= 4 is 26.0 Å². The average molecular weight is 324 g/mol. The van der Waals surface area contributed by atoms with Gasteiger partial charge in [-0.3, -0.25) is 0 Å². The number of aromatic nitrogens is 1. The van der Waals surface area contributed by atoms with Gasteiger partial charge in [0.15, 0.2) is 0 Å². The maximum atomic E-state index is 12.3. The van der Waals surface area contributed by atoms with E-state index < -0.39 is 10.0 Å². The Morgan fingerprint density at radius 1 is 1.28 bits per heavy atom. The molecule has 2 aromatic rings. The Morgan fingerprint density at radius 3 is 2.33 bits per heavy atom. The van der Waals surface area contributed by atoms with E-state index in [2.05, 4.69) is 22.9 Å². The third kappa shape index (κ3) is 2.19. The van der Waals surface area contributed by atoms with Crippen LogP contribution in [0.5, 0.6) is 0 Å². The van der Waals surface area contributed by atoms with E-state index in [0.29, 0.717) is 15.7 Å². The third-order valence-electron chi connectivity index (χ3n) is 2.34. The van der Waals surface area contributed by atoms with Crippen LogP contribution in [0.3, 0.4) is 0 Å². The SMILES string of the molecule is [CH2]c1cc(Br)n(S(=O)(=O)c2ccc(C#N)cc2)c1. The summed E-state index contributed by atoms with van der Waals surface area (Å²) in [5.41, 5.74) is 1.01. The Hall–Kier alpha value is -1.58.